The smallest absolute Gasteiger partial charge is 0.310 e. The third-order valence-electron chi connectivity index (χ3n) is 7.18. The first-order valence-electron chi connectivity index (χ1n) is 9.08. The summed E-state index contributed by atoms with van der Waals surface area (Å²) in [4.78, 5) is 25.1. The molecule has 5 rings (SSSR count). The minimum absolute atomic E-state index is 0.0821. The molecule has 25 heavy (non-hydrogen) atoms. The van der Waals surface area contributed by atoms with Gasteiger partial charge in [0, 0.05) is 11.5 Å². The van der Waals surface area contributed by atoms with E-state index in [1.54, 1.807) is 12.5 Å². The molecule has 3 heterocycles. The van der Waals surface area contributed by atoms with E-state index in [2.05, 4.69) is 6.92 Å². The van der Waals surface area contributed by atoms with Gasteiger partial charge in [-0.25, -0.2) is 0 Å². The molecule has 134 valence electrons. The minimum atomic E-state index is -0.515. The number of carbonyl (C=O) groups is 2. The second-order valence-electron chi connectivity index (χ2n) is 8.37. The number of furan rings is 1. The van der Waals surface area contributed by atoms with Crippen LogP contribution >= 0.6 is 0 Å². The third-order valence-corrected chi connectivity index (χ3v) is 7.18. The molecule has 0 amide bonds. The van der Waals surface area contributed by atoms with Crippen LogP contribution in [-0.4, -0.2) is 29.3 Å². The van der Waals surface area contributed by atoms with E-state index in [1.165, 1.54) is 0 Å². The zero-order valence-corrected chi connectivity index (χ0v) is 14.1. The third kappa shape index (κ3) is 2.06. The highest BCUT2D eigenvalue weighted by Gasteiger charge is 2.65. The van der Waals surface area contributed by atoms with Crippen LogP contribution in [0, 0.1) is 29.1 Å². The van der Waals surface area contributed by atoms with E-state index in [0.717, 1.165) is 5.56 Å². The summed E-state index contributed by atoms with van der Waals surface area (Å²) in [6, 6.07) is 1.83. The topological polar surface area (TPSA) is 86.0 Å². The molecule has 4 aliphatic rings. The molecule has 0 radical (unpaired) electrons. The van der Waals surface area contributed by atoms with Crippen molar-refractivity contribution in [2.24, 2.45) is 29.1 Å². The van der Waals surface area contributed by atoms with Crippen molar-refractivity contribution in [2.45, 2.75) is 50.9 Å². The van der Waals surface area contributed by atoms with E-state index in [-0.39, 0.29) is 53.2 Å². The minimum Gasteiger partial charge on any atom is -0.472 e. The number of aliphatic hydroxyl groups is 1. The van der Waals surface area contributed by atoms with Crippen molar-refractivity contribution in [3.8, 4) is 0 Å². The van der Waals surface area contributed by atoms with Gasteiger partial charge in [0.25, 0.3) is 0 Å². The molecular formula is C19H22O6. The van der Waals surface area contributed by atoms with Crippen LogP contribution in [0.3, 0.4) is 0 Å². The molecule has 0 aromatic carbocycles. The highest BCUT2D eigenvalue weighted by Crippen LogP contribution is 2.63. The predicted molar refractivity (Wildman–Crippen MR) is 84.0 cm³/mol. The van der Waals surface area contributed by atoms with Crippen LogP contribution in [0.2, 0.25) is 0 Å². The summed E-state index contributed by atoms with van der Waals surface area (Å²) in [5.74, 6) is -0.772. The van der Waals surface area contributed by atoms with Crippen molar-refractivity contribution in [3.05, 3.63) is 24.2 Å². The average Bonchev–Trinajstić information content (AvgIpc) is 3.19. The van der Waals surface area contributed by atoms with E-state index in [4.69, 9.17) is 13.9 Å². The van der Waals surface area contributed by atoms with Crippen molar-refractivity contribution >= 4 is 11.9 Å². The van der Waals surface area contributed by atoms with Gasteiger partial charge in [-0.3, -0.25) is 9.59 Å². The van der Waals surface area contributed by atoms with E-state index in [9.17, 15) is 14.7 Å². The van der Waals surface area contributed by atoms with Crippen LogP contribution in [0.1, 0.15) is 44.3 Å². The van der Waals surface area contributed by atoms with Crippen molar-refractivity contribution in [1.82, 2.24) is 0 Å². The number of hydrogen-bond donors (Lipinski definition) is 1. The molecule has 6 nitrogen and oxygen atoms in total. The number of aliphatic hydroxyl groups excluding tert-OH is 1. The Labute approximate surface area is 145 Å². The Balaban J connectivity index is 1.55. The summed E-state index contributed by atoms with van der Waals surface area (Å²) >= 11 is 0. The lowest BCUT2D eigenvalue weighted by Gasteiger charge is -2.56. The van der Waals surface area contributed by atoms with Crippen LogP contribution in [-0.2, 0) is 19.1 Å². The Bertz CT molecular complexity index is 712. The van der Waals surface area contributed by atoms with Gasteiger partial charge >= 0.3 is 11.9 Å². The summed E-state index contributed by atoms with van der Waals surface area (Å²) in [7, 11) is 0. The second kappa shape index (κ2) is 5.10. The van der Waals surface area contributed by atoms with E-state index in [1.807, 2.05) is 6.07 Å². The van der Waals surface area contributed by atoms with Gasteiger partial charge in [0.2, 0.25) is 0 Å². The maximum absolute atomic E-state index is 12.8. The molecule has 1 aromatic rings. The molecule has 1 aromatic heterocycles. The normalized spacial score (nSPS) is 48.3. The first-order valence-corrected chi connectivity index (χ1v) is 9.08. The Morgan fingerprint density at radius 3 is 2.76 bits per heavy atom. The van der Waals surface area contributed by atoms with Crippen LogP contribution in [0.5, 0.6) is 0 Å². The van der Waals surface area contributed by atoms with Gasteiger partial charge in [0.1, 0.15) is 12.2 Å². The molecule has 2 saturated heterocycles. The lowest BCUT2D eigenvalue weighted by atomic mass is 9.49. The standard InChI is InChI=1S/C19H22O6/c1-19-7-15(9-2-3-23-8-9)25-18(22)13(19)6-14-16-11(17(21)24-14)4-10(20)5-12(16)19/h2-3,8,10-16,20H,4-7H2,1H3/t10-,11+,12+,13+,14-,15-,16+,19-/m0/s1. The fraction of sp³-hybridized carbons (Fsp3) is 0.684. The number of hydrogen-bond acceptors (Lipinski definition) is 6. The van der Waals surface area contributed by atoms with Crippen LogP contribution in [0.25, 0.3) is 0 Å². The lowest BCUT2D eigenvalue weighted by molar-refractivity contribution is -0.198. The van der Waals surface area contributed by atoms with Gasteiger partial charge in [-0.1, -0.05) is 6.92 Å². The molecule has 1 N–H and O–H groups in total. The van der Waals surface area contributed by atoms with Crippen LogP contribution in [0.4, 0.5) is 0 Å². The number of esters is 2. The molecule has 8 atom stereocenters. The quantitative estimate of drug-likeness (QED) is 0.785. The van der Waals surface area contributed by atoms with Gasteiger partial charge in [-0.15, -0.1) is 0 Å². The monoisotopic (exact) mass is 346 g/mol. The molecule has 4 fully saturated rings. The fourth-order valence-corrected chi connectivity index (χ4v) is 6.00. The Hall–Kier alpha value is -1.82. The summed E-state index contributed by atoms with van der Waals surface area (Å²) in [6.45, 7) is 2.13. The molecule has 0 bridgehead atoms. The van der Waals surface area contributed by atoms with E-state index in [0.29, 0.717) is 25.7 Å². The van der Waals surface area contributed by atoms with Gasteiger partial charge < -0.3 is 19.0 Å². The SMILES string of the molecule is C[C@@]12C[C@@H](c3ccoc3)OC(=O)[C@H]1C[C@@H]1OC(=O)[C@@H]3C[C@H](O)C[C@@H]2[C@H]13. The van der Waals surface area contributed by atoms with Crippen molar-refractivity contribution in [3.63, 3.8) is 0 Å². The Morgan fingerprint density at radius 1 is 1.16 bits per heavy atom. The first-order chi connectivity index (χ1) is 12.0. The number of ether oxygens (including phenoxy) is 2. The number of rotatable bonds is 1. The summed E-state index contributed by atoms with van der Waals surface area (Å²) in [5, 5.41) is 10.4. The van der Waals surface area contributed by atoms with E-state index >= 15 is 0 Å². The first kappa shape index (κ1) is 15.4. The summed E-state index contributed by atoms with van der Waals surface area (Å²) in [6.07, 6.45) is 4.45. The van der Waals surface area contributed by atoms with Gasteiger partial charge in [-0.2, -0.15) is 0 Å². The molecular weight excluding hydrogens is 324 g/mol. The largest absolute Gasteiger partial charge is 0.472 e. The fourth-order valence-electron chi connectivity index (χ4n) is 6.00. The van der Waals surface area contributed by atoms with Crippen molar-refractivity contribution in [1.29, 1.82) is 0 Å². The van der Waals surface area contributed by atoms with Crippen LogP contribution in [0.15, 0.2) is 23.0 Å². The average molecular weight is 346 g/mol. The van der Waals surface area contributed by atoms with Crippen LogP contribution < -0.4 is 0 Å². The zero-order chi connectivity index (χ0) is 17.3. The Morgan fingerprint density at radius 2 is 2.00 bits per heavy atom. The molecule has 0 spiro atoms. The highest BCUT2D eigenvalue weighted by molar-refractivity contribution is 5.78. The summed E-state index contributed by atoms with van der Waals surface area (Å²) < 4.78 is 16.5. The zero-order valence-electron chi connectivity index (χ0n) is 14.1. The molecule has 2 aliphatic carbocycles. The lowest BCUT2D eigenvalue weighted by Crippen LogP contribution is -2.57. The van der Waals surface area contributed by atoms with Crippen molar-refractivity contribution < 1.29 is 28.6 Å². The Kier molecular flexibility index (Phi) is 3.15. The van der Waals surface area contributed by atoms with Gasteiger partial charge in [0.05, 0.1) is 30.5 Å². The van der Waals surface area contributed by atoms with Gasteiger partial charge in [0.15, 0.2) is 0 Å². The number of carbonyl (C=O) groups excluding carboxylic acids is 2. The maximum atomic E-state index is 12.8. The second-order valence-corrected chi connectivity index (χ2v) is 8.37. The van der Waals surface area contributed by atoms with Gasteiger partial charge in [-0.05, 0) is 43.1 Å². The molecule has 0 unspecified atom stereocenters. The molecule has 2 aliphatic heterocycles. The summed E-state index contributed by atoms with van der Waals surface area (Å²) in [5.41, 5.74) is 0.549. The molecule has 6 heteroatoms. The predicted octanol–water partition coefficient (Wildman–Crippen LogP) is 2.22. The van der Waals surface area contributed by atoms with E-state index < -0.39 is 6.10 Å². The highest BCUT2D eigenvalue weighted by atomic mass is 16.6. The number of fused-ring (bicyclic) bond motifs is 2. The maximum Gasteiger partial charge on any atom is 0.310 e. The number of cyclic esters (lactones) is 1. The van der Waals surface area contributed by atoms with Crippen molar-refractivity contribution in [2.75, 3.05) is 0 Å². The molecule has 2 saturated carbocycles.